The molecule has 3 rings (SSSR count). The lowest BCUT2D eigenvalue weighted by molar-refractivity contribution is 0.296. The maximum atomic E-state index is 5.85. The van der Waals surface area contributed by atoms with Crippen LogP contribution in [0.15, 0.2) is 18.2 Å². The van der Waals surface area contributed by atoms with Crippen LogP contribution in [-0.2, 0) is 0 Å². The van der Waals surface area contributed by atoms with Crippen molar-refractivity contribution in [3.05, 3.63) is 23.8 Å². The van der Waals surface area contributed by atoms with Crippen LogP contribution in [0.2, 0.25) is 0 Å². The van der Waals surface area contributed by atoms with E-state index in [1.165, 1.54) is 24.8 Å². The molecule has 3 heteroatoms. The Morgan fingerprint density at radius 1 is 1.19 bits per heavy atom. The number of hydrogen-bond donors (Lipinski definition) is 1. The summed E-state index contributed by atoms with van der Waals surface area (Å²) in [7, 11) is 0. The van der Waals surface area contributed by atoms with Crippen LogP contribution in [0, 0.1) is 11.8 Å². The summed E-state index contributed by atoms with van der Waals surface area (Å²) < 4.78 is 11.6. The Kier molecular flexibility index (Phi) is 4.69. The van der Waals surface area contributed by atoms with Crippen LogP contribution >= 0.6 is 0 Å². The molecule has 0 bridgehead atoms. The first-order valence-corrected chi connectivity index (χ1v) is 8.42. The van der Waals surface area contributed by atoms with Crippen molar-refractivity contribution < 1.29 is 9.47 Å². The van der Waals surface area contributed by atoms with Crippen LogP contribution in [0.1, 0.15) is 51.1 Å². The number of hydrogen-bond acceptors (Lipinski definition) is 3. The summed E-state index contributed by atoms with van der Waals surface area (Å²) in [4.78, 5) is 0. The first-order chi connectivity index (χ1) is 10.3. The van der Waals surface area contributed by atoms with E-state index in [1.54, 1.807) is 0 Å². The molecule has 3 nitrogen and oxygen atoms in total. The highest BCUT2D eigenvalue weighted by molar-refractivity contribution is 5.44. The van der Waals surface area contributed by atoms with Gasteiger partial charge in [0.05, 0.1) is 13.2 Å². The SMILES string of the molecule is CCCNC(c1ccc2c(c1)OCCCO2)C(C)C1CC1. The molecule has 1 aromatic carbocycles. The van der Waals surface area contributed by atoms with Gasteiger partial charge in [-0.15, -0.1) is 0 Å². The molecule has 2 aliphatic rings. The zero-order valence-electron chi connectivity index (χ0n) is 13.2. The molecule has 1 aliphatic heterocycles. The highest BCUT2D eigenvalue weighted by atomic mass is 16.5. The fourth-order valence-corrected chi connectivity index (χ4v) is 3.17. The van der Waals surface area contributed by atoms with Crippen molar-refractivity contribution in [1.82, 2.24) is 5.32 Å². The summed E-state index contributed by atoms with van der Waals surface area (Å²) >= 11 is 0. The monoisotopic (exact) mass is 289 g/mol. The predicted molar refractivity (Wildman–Crippen MR) is 85.0 cm³/mol. The summed E-state index contributed by atoms with van der Waals surface area (Å²) in [6.07, 6.45) is 4.89. The minimum absolute atomic E-state index is 0.426. The van der Waals surface area contributed by atoms with Gasteiger partial charge >= 0.3 is 0 Å². The smallest absolute Gasteiger partial charge is 0.161 e. The number of benzene rings is 1. The zero-order chi connectivity index (χ0) is 14.7. The molecule has 0 aromatic heterocycles. The quantitative estimate of drug-likeness (QED) is 0.860. The second kappa shape index (κ2) is 6.69. The molecule has 116 valence electrons. The molecule has 0 spiro atoms. The standard InChI is InChI=1S/C18H27NO2/c1-3-9-19-18(13(2)14-5-6-14)15-7-8-16-17(12-15)21-11-4-10-20-16/h7-8,12-14,18-19H,3-6,9-11H2,1-2H3. The van der Waals surface area contributed by atoms with Crippen LogP contribution in [0.4, 0.5) is 0 Å². The van der Waals surface area contributed by atoms with Crippen molar-refractivity contribution >= 4 is 0 Å². The van der Waals surface area contributed by atoms with Gasteiger partial charge in [0.15, 0.2) is 11.5 Å². The van der Waals surface area contributed by atoms with E-state index in [4.69, 9.17) is 9.47 Å². The van der Waals surface area contributed by atoms with Crippen molar-refractivity contribution in [3.63, 3.8) is 0 Å². The van der Waals surface area contributed by atoms with Crippen molar-refractivity contribution in [2.75, 3.05) is 19.8 Å². The van der Waals surface area contributed by atoms with Crippen LogP contribution in [-0.4, -0.2) is 19.8 Å². The Morgan fingerprint density at radius 3 is 2.67 bits per heavy atom. The molecule has 1 saturated carbocycles. The molecular weight excluding hydrogens is 262 g/mol. The third-order valence-electron chi connectivity index (χ3n) is 4.64. The van der Waals surface area contributed by atoms with Crippen LogP contribution in [0.5, 0.6) is 11.5 Å². The molecule has 0 amide bonds. The molecule has 21 heavy (non-hydrogen) atoms. The summed E-state index contributed by atoms with van der Waals surface area (Å²) in [6.45, 7) is 7.17. The molecule has 1 fully saturated rings. The topological polar surface area (TPSA) is 30.5 Å². The number of ether oxygens (including phenoxy) is 2. The minimum atomic E-state index is 0.426. The van der Waals surface area contributed by atoms with Gasteiger partial charge < -0.3 is 14.8 Å². The predicted octanol–water partition coefficient (Wildman–Crippen LogP) is 3.93. The van der Waals surface area contributed by atoms with E-state index in [-0.39, 0.29) is 0 Å². The van der Waals surface area contributed by atoms with Crippen molar-refractivity contribution in [3.8, 4) is 11.5 Å². The van der Waals surface area contributed by atoms with Gasteiger partial charge in [0, 0.05) is 12.5 Å². The lowest BCUT2D eigenvalue weighted by Gasteiger charge is -2.26. The Labute approximate surface area is 128 Å². The molecule has 1 aliphatic carbocycles. The van der Waals surface area contributed by atoms with E-state index in [0.717, 1.165) is 43.6 Å². The number of nitrogens with one attached hydrogen (secondary N) is 1. The lowest BCUT2D eigenvalue weighted by Crippen LogP contribution is -2.28. The fraction of sp³-hybridized carbons (Fsp3) is 0.667. The maximum Gasteiger partial charge on any atom is 0.161 e. The van der Waals surface area contributed by atoms with Gasteiger partial charge in [0.1, 0.15) is 0 Å². The summed E-state index contributed by atoms with van der Waals surface area (Å²) in [6, 6.07) is 6.90. The van der Waals surface area contributed by atoms with E-state index < -0.39 is 0 Å². The van der Waals surface area contributed by atoms with Crippen LogP contribution < -0.4 is 14.8 Å². The van der Waals surface area contributed by atoms with Gasteiger partial charge in [-0.25, -0.2) is 0 Å². The molecule has 0 saturated heterocycles. The van der Waals surface area contributed by atoms with Gasteiger partial charge in [-0.2, -0.15) is 0 Å². The summed E-state index contributed by atoms with van der Waals surface area (Å²) in [5.74, 6) is 3.37. The Bertz CT molecular complexity index is 470. The van der Waals surface area contributed by atoms with Gasteiger partial charge in [-0.05, 0) is 55.3 Å². The molecule has 1 aromatic rings. The Hall–Kier alpha value is -1.22. The molecule has 2 atom stereocenters. The first-order valence-electron chi connectivity index (χ1n) is 8.42. The summed E-state index contributed by atoms with van der Waals surface area (Å²) in [5, 5.41) is 3.73. The van der Waals surface area contributed by atoms with E-state index in [9.17, 15) is 0 Å². The average molecular weight is 289 g/mol. The Balaban J connectivity index is 1.82. The van der Waals surface area contributed by atoms with Gasteiger partial charge in [0.25, 0.3) is 0 Å². The first kappa shape index (κ1) is 14.7. The van der Waals surface area contributed by atoms with E-state index in [1.807, 2.05) is 0 Å². The fourth-order valence-electron chi connectivity index (χ4n) is 3.17. The molecule has 1 heterocycles. The summed E-state index contributed by atoms with van der Waals surface area (Å²) in [5.41, 5.74) is 1.34. The molecule has 0 radical (unpaired) electrons. The largest absolute Gasteiger partial charge is 0.490 e. The van der Waals surface area contributed by atoms with Gasteiger partial charge in [0.2, 0.25) is 0 Å². The van der Waals surface area contributed by atoms with Crippen molar-refractivity contribution in [2.45, 2.75) is 45.6 Å². The highest BCUT2D eigenvalue weighted by Gasteiger charge is 2.34. The van der Waals surface area contributed by atoms with Crippen LogP contribution in [0.3, 0.4) is 0 Å². The molecule has 1 N–H and O–H groups in total. The second-order valence-corrected chi connectivity index (χ2v) is 6.38. The number of fused-ring (bicyclic) bond motifs is 1. The third kappa shape index (κ3) is 3.52. The lowest BCUT2D eigenvalue weighted by atomic mass is 9.90. The third-order valence-corrected chi connectivity index (χ3v) is 4.64. The molecular formula is C18H27NO2. The number of rotatable bonds is 6. The highest BCUT2D eigenvalue weighted by Crippen LogP contribution is 2.44. The van der Waals surface area contributed by atoms with Crippen molar-refractivity contribution in [2.24, 2.45) is 11.8 Å². The Morgan fingerprint density at radius 2 is 1.95 bits per heavy atom. The zero-order valence-corrected chi connectivity index (χ0v) is 13.2. The van der Waals surface area contributed by atoms with Gasteiger partial charge in [-0.1, -0.05) is 19.9 Å². The molecule has 2 unspecified atom stereocenters. The van der Waals surface area contributed by atoms with E-state index in [2.05, 4.69) is 37.4 Å². The van der Waals surface area contributed by atoms with Gasteiger partial charge in [-0.3, -0.25) is 0 Å². The average Bonchev–Trinajstić information content (AvgIpc) is 3.34. The van der Waals surface area contributed by atoms with Crippen LogP contribution in [0.25, 0.3) is 0 Å². The van der Waals surface area contributed by atoms with Crippen molar-refractivity contribution in [1.29, 1.82) is 0 Å². The second-order valence-electron chi connectivity index (χ2n) is 6.38. The van der Waals surface area contributed by atoms with E-state index in [0.29, 0.717) is 12.0 Å². The normalized spacial score (nSPS) is 20.7. The minimum Gasteiger partial charge on any atom is -0.490 e. The maximum absolute atomic E-state index is 5.85. The van der Waals surface area contributed by atoms with E-state index >= 15 is 0 Å².